The molecule has 0 amide bonds. The highest BCUT2D eigenvalue weighted by Gasteiger charge is 2.19. The van der Waals surface area contributed by atoms with Gasteiger partial charge in [0.2, 0.25) is 0 Å². The van der Waals surface area contributed by atoms with Gasteiger partial charge in [-0.15, -0.1) is 11.3 Å². The van der Waals surface area contributed by atoms with Crippen LogP contribution >= 0.6 is 11.3 Å². The lowest BCUT2D eigenvalue weighted by molar-refractivity contribution is 1.08. The summed E-state index contributed by atoms with van der Waals surface area (Å²) in [5, 5.41) is 8.12. The molecule has 228 valence electrons. The monoisotopic (exact) mass is 642 g/mol. The molecule has 0 fully saturated rings. The van der Waals surface area contributed by atoms with Gasteiger partial charge in [-0.2, -0.15) is 0 Å². The lowest BCUT2D eigenvalue weighted by Gasteiger charge is -2.12. The summed E-state index contributed by atoms with van der Waals surface area (Å²) >= 11 is 1.81. The molecular formula is C44H26N4S. The molecule has 0 bridgehead atoms. The van der Waals surface area contributed by atoms with Crippen LogP contribution in [-0.4, -0.2) is 19.9 Å². The fourth-order valence-electron chi connectivity index (χ4n) is 6.99. The maximum absolute atomic E-state index is 5.23. The Morgan fingerprint density at radius 3 is 1.80 bits per heavy atom. The van der Waals surface area contributed by atoms with Crippen LogP contribution < -0.4 is 0 Å². The van der Waals surface area contributed by atoms with Crippen molar-refractivity contribution in [2.75, 3.05) is 0 Å². The van der Waals surface area contributed by atoms with E-state index in [0.29, 0.717) is 17.5 Å². The highest BCUT2D eigenvalue weighted by molar-refractivity contribution is 7.26. The van der Waals surface area contributed by atoms with Gasteiger partial charge in [-0.05, 0) is 51.9 Å². The van der Waals surface area contributed by atoms with Crippen LogP contribution in [0, 0.1) is 0 Å². The Kier molecular flexibility index (Phi) is 6.32. The van der Waals surface area contributed by atoms with E-state index in [1.54, 1.807) is 0 Å². The largest absolute Gasteiger partial charge is 0.247 e. The average Bonchev–Trinajstić information content (AvgIpc) is 3.57. The summed E-state index contributed by atoms with van der Waals surface area (Å²) in [5.41, 5.74) is 5.95. The zero-order chi connectivity index (χ0) is 32.3. The standard InChI is InChI=1S/C44H26N4S/c1-3-13-27(14-4-1)40-39-36-26-30(23-24-38(36)49-41(39)34-21-11-12-22-37(34)45-40)43-46-42(28-15-5-2-6-16-28)47-44(48-43)35-25-29-17-7-8-18-31(29)32-19-9-10-20-33(32)35/h1-26H. The second-order valence-electron chi connectivity index (χ2n) is 12.2. The fraction of sp³-hybridized carbons (Fsp3) is 0. The second-order valence-corrected chi connectivity index (χ2v) is 13.3. The van der Waals surface area contributed by atoms with Crippen molar-refractivity contribution in [2.24, 2.45) is 0 Å². The first-order valence-electron chi connectivity index (χ1n) is 16.3. The topological polar surface area (TPSA) is 51.6 Å². The maximum Gasteiger partial charge on any atom is 0.164 e. The fourth-order valence-corrected chi connectivity index (χ4v) is 8.21. The number of hydrogen-bond acceptors (Lipinski definition) is 5. The SMILES string of the molecule is c1ccc(-c2nc(-c3ccc4sc5c6ccccc6nc(-c6ccccc6)c5c4c3)nc(-c3cc4ccccc4c4ccccc34)n2)cc1. The Morgan fingerprint density at radius 1 is 0.388 bits per heavy atom. The van der Waals surface area contributed by atoms with Crippen LogP contribution in [0.15, 0.2) is 158 Å². The molecule has 0 aliphatic carbocycles. The van der Waals surface area contributed by atoms with E-state index in [4.69, 9.17) is 19.9 Å². The molecule has 5 heteroatoms. The smallest absolute Gasteiger partial charge is 0.164 e. The van der Waals surface area contributed by atoms with E-state index in [1.807, 2.05) is 35.6 Å². The third kappa shape index (κ3) is 4.59. The molecule has 0 aliphatic rings. The maximum atomic E-state index is 5.23. The molecule has 7 aromatic carbocycles. The first-order chi connectivity index (χ1) is 24.3. The number of benzene rings is 7. The zero-order valence-electron chi connectivity index (χ0n) is 26.2. The summed E-state index contributed by atoms with van der Waals surface area (Å²) in [5.74, 6) is 1.93. The van der Waals surface area contributed by atoms with Gasteiger partial charge in [0.05, 0.1) is 11.2 Å². The van der Waals surface area contributed by atoms with Crippen LogP contribution in [-0.2, 0) is 0 Å². The predicted octanol–water partition coefficient (Wildman–Crippen LogP) is 11.8. The number of rotatable bonds is 4. The van der Waals surface area contributed by atoms with Gasteiger partial charge >= 0.3 is 0 Å². The Balaban J connectivity index is 1.25. The minimum atomic E-state index is 0.636. The molecule has 49 heavy (non-hydrogen) atoms. The van der Waals surface area contributed by atoms with Gasteiger partial charge < -0.3 is 0 Å². The van der Waals surface area contributed by atoms with Crippen LogP contribution in [0.1, 0.15) is 0 Å². The molecule has 4 nitrogen and oxygen atoms in total. The van der Waals surface area contributed by atoms with Crippen molar-refractivity contribution in [3.05, 3.63) is 158 Å². The van der Waals surface area contributed by atoms with E-state index < -0.39 is 0 Å². The quantitative estimate of drug-likeness (QED) is 0.179. The number of hydrogen-bond donors (Lipinski definition) is 0. The minimum Gasteiger partial charge on any atom is -0.247 e. The van der Waals surface area contributed by atoms with Crippen molar-refractivity contribution in [2.45, 2.75) is 0 Å². The summed E-state index contributed by atoms with van der Waals surface area (Å²) in [6.07, 6.45) is 0. The number of para-hydroxylation sites is 1. The van der Waals surface area contributed by atoms with E-state index in [2.05, 4.69) is 133 Å². The lowest BCUT2D eigenvalue weighted by Crippen LogP contribution is -2.00. The van der Waals surface area contributed by atoms with Crippen LogP contribution in [0.3, 0.4) is 0 Å². The first-order valence-corrected chi connectivity index (χ1v) is 17.1. The summed E-state index contributed by atoms with van der Waals surface area (Å²) in [6, 6.07) is 54.9. The Morgan fingerprint density at radius 2 is 1.00 bits per heavy atom. The van der Waals surface area contributed by atoms with Crippen LogP contribution in [0.25, 0.3) is 98.0 Å². The number of thiophene rings is 1. The molecule has 0 saturated heterocycles. The molecule has 0 spiro atoms. The van der Waals surface area contributed by atoms with Crippen molar-refractivity contribution in [1.29, 1.82) is 0 Å². The molecule has 0 unspecified atom stereocenters. The van der Waals surface area contributed by atoms with Crippen molar-refractivity contribution < 1.29 is 0 Å². The van der Waals surface area contributed by atoms with Crippen molar-refractivity contribution >= 4 is 64.0 Å². The van der Waals surface area contributed by atoms with Gasteiger partial charge in [-0.1, -0.05) is 127 Å². The van der Waals surface area contributed by atoms with E-state index in [9.17, 15) is 0 Å². The molecule has 10 rings (SSSR count). The van der Waals surface area contributed by atoms with Gasteiger partial charge in [0, 0.05) is 47.8 Å². The van der Waals surface area contributed by atoms with E-state index in [-0.39, 0.29) is 0 Å². The Labute approximate surface area is 286 Å². The summed E-state index contributed by atoms with van der Waals surface area (Å²) in [6.45, 7) is 0. The minimum absolute atomic E-state index is 0.636. The van der Waals surface area contributed by atoms with Crippen molar-refractivity contribution in [1.82, 2.24) is 19.9 Å². The highest BCUT2D eigenvalue weighted by atomic mass is 32.1. The highest BCUT2D eigenvalue weighted by Crippen LogP contribution is 2.44. The van der Waals surface area contributed by atoms with Gasteiger partial charge in [0.1, 0.15) is 0 Å². The lowest BCUT2D eigenvalue weighted by atomic mass is 9.97. The second kappa shape index (κ2) is 11.2. The molecule has 0 aliphatic heterocycles. The summed E-state index contributed by atoms with van der Waals surface area (Å²) in [4.78, 5) is 20.7. The third-order valence-corrected chi connectivity index (χ3v) is 10.5. The molecular weight excluding hydrogens is 617 g/mol. The first kappa shape index (κ1) is 27.8. The molecule has 0 radical (unpaired) electrons. The van der Waals surface area contributed by atoms with E-state index in [0.717, 1.165) is 60.4 Å². The predicted molar refractivity (Wildman–Crippen MR) is 205 cm³/mol. The number of aromatic nitrogens is 4. The van der Waals surface area contributed by atoms with E-state index in [1.165, 1.54) is 20.2 Å². The summed E-state index contributed by atoms with van der Waals surface area (Å²) < 4.78 is 2.44. The molecule has 0 N–H and O–H groups in total. The Bertz CT molecular complexity index is 2880. The number of fused-ring (bicyclic) bond motifs is 8. The normalized spacial score (nSPS) is 11.7. The van der Waals surface area contributed by atoms with Gasteiger partial charge in [-0.3, -0.25) is 0 Å². The third-order valence-electron chi connectivity index (χ3n) is 9.29. The van der Waals surface area contributed by atoms with Gasteiger partial charge in [-0.25, -0.2) is 19.9 Å². The van der Waals surface area contributed by atoms with Gasteiger partial charge in [0.15, 0.2) is 17.5 Å². The van der Waals surface area contributed by atoms with Crippen LogP contribution in [0.2, 0.25) is 0 Å². The van der Waals surface area contributed by atoms with Crippen LogP contribution in [0.4, 0.5) is 0 Å². The molecule has 3 heterocycles. The average molecular weight is 643 g/mol. The molecule has 0 saturated carbocycles. The van der Waals surface area contributed by atoms with Crippen molar-refractivity contribution in [3.8, 4) is 45.4 Å². The summed E-state index contributed by atoms with van der Waals surface area (Å²) in [7, 11) is 0. The van der Waals surface area contributed by atoms with Crippen LogP contribution in [0.5, 0.6) is 0 Å². The van der Waals surface area contributed by atoms with E-state index >= 15 is 0 Å². The van der Waals surface area contributed by atoms with Crippen molar-refractivity contribution in [3.63, 3.8) is 0 Å². The van der Waals surface area contributed by atoms with Gasteiger partial charge in [0.25, 0.3) is 0 Å². The molecule has 3 aromatic heterocycles. The number of pyridine rings is 1. The number of nitrogens with zero attached hydrogens (tertiary/aromatic N) is 4. The Hall–Kier alpha value is -6.30. The molecule has 10 aromatic rings. The molecule has 0 atom stereocenters. The zero-order valence-corrected chi connectivity index (χ0v) is 27.0.